The molecule has 0 radical (unpaired) electrons. The number of fused-ring (bicyclic) bond motifs is 1. The molecule has 2 amide bonds. The summed E-state index contributed by atoms with van der Waals surface area (Å²) in [5.41, 5.74) is 0.965. The van der Waals surface area contributed by atoms with Gasteiger partial charge in [0.1, 0.15) is 5.76 Å². The summed E-state index contributed by atoms with van der Waals surface area (Å²) in [6.45, 7) is 5.49. The molecule has 0 fully saturated rings. The minimum Gasteiger partial charge on any atom is -0.467 e. The smallest absolute Gasteiger partial charge is 0.223 e. The van der Waals surface area contributed by atoms with Crippen LogP contribution in [0, 0.1) is 5.92 Å². The predicted molar refractivity (Wildman–Crippen MR) is 91.3 cm³/mol. The number of hydrogen-bond donors (Lipinski definition) is 1. The highest BCUT2D eigenvalue weighted by molar-refractivity contribution is 5.78. The molecule has 2 aromatic rings. The molecule has 1 N–H and O–H groups in total. The number of carbonyl (C=O) groups excluding carboxylic acids is 2. The van der Waals surface area contributed by atoms with Crippen LogP contribution >= 0.6 is 0 Å². The molecule has 3 heterocycles. The zero-order valence-electron chi connectivity index (χ0n) is 14.6. The Bertz CT molecular complexity index is 721. The van der Waals surface area contributed by atoms with E-state index in [0.717, 1.165) is 5.69 Å². The molecular weight excluding hydrogens is 320 g/mol. The number of nitrogens with zero attached hydrogens (tertiary/aromatic N) is 3. The zero-order chi connectivity index (χ0) is 17.8. The standard InChI is InChI=1S/C18H24N4O3/c1-13(2)8-18(24)21-11-14-5-6-20-22(14)15(12-21)9-17(23)19-10-16-4-3-7-25-16/h3-7,13,15H,8-12H2,1-2H3,(H,19,23). The van der Waals surface area contributed by atoms with E-state index < -0.39 is 0 Å². The summed E-state index contributed by atoms with van der Waals surface area (Å²) in [7, 11) is 0. The molecule has 0 aliphatic carbocycles. The fourth-order valence-corrected chi connectivity index (χ4v) is 3.09. The third kappa shape index (κ3) is 4.29. The van der Waals surface area contributed by atoms with Gasteiger partial charge in [-0.15, -0.1) is 0 Å². The second-order valence-electron chi connectivity index (χ2n) is 6.85. The first-order valence-corrected chi connectivity index (χ1v) is 8.62. The van der Waals surface area contributed by atoms with Crippen LogP contribution < -0.4 is 5.32 Å². The summed E-state index contributed by atoms with van der Waals surface area (Å²) in [6, 6.07) is 5.37. The summed E-state index contributed by atoms with van der Waals surface area (Å²) in [4.78, 5) is 26.6. The maximum Gasteiger partial charge on any atom is 0.223 e. The summed E-state index contributed by atoms with van der Waals surface area (Å²) in [6.07, 6.45) is 4.10. The number of hydrogen-bond acceptors (Lipinski definition) is 4. The molecule has 0 spiro atoms. The molecule has 0 saturated heterocycles. The molecule has 0 saturated carbocycles. The van der Waals surface area contributed by atoms with Gasteiger partial charge in [-0.25, -0.2) is 0 Å². The van der Waals surface area contributed by atoms with E-state index in [4.69, 9.17) is 4.42 Å². The highest BCUT2D eigenvalue weighted by Crippen LogP contribution is 2.24. The van der Waals surface area contributed by atoms with Crippen molar-refractivity contribution in [2.75, 3.05) is 6.54 Å². The van der Waals surface area contributed by atoms with Crippen LogP contribution in [0.2, 0.25) is 0 Å². The highest BCUT2D eigenvalue weighted by Gasteiger charge is 2.30. The molecular formula is C18H24N4O3. The number of aromatic nitrogens is 2. The Hall–Kier alpha value is -2.57. The van der Waals surface area contributed by atoms with Gasteiger partial charge in [0, 0.05) is 19.2 Å². The van der Waals surface area contributed by atoms with Crippen LogP contribution in [-0.4, -0.2) is 33.0 Å². The monoisotopic (exact) mass is 344 g/mol. The number of rotatable bonds is 6. The normalized spacial score (nSPS) is 16.8. The SMILES string of the molecule is CC(C)CC(=O)N1Cc2ccnn2C(CC(=O)NCc2ccco2)C1. The van der Waals surface area contributed by atoms with Crippen LogP contribution in [0.4, 0.5) is 0 Å². The van der Waals surface area contributed by atoms with Gasteiger partial charge in [-0.1, -0.05) is 13.8 Å². The van der Waals surface area contributed by atoms with E-state index in [1.807, 2.05) is 35.6 Å². The van der Waals surface area contributed by atoms with Gasteiger partial charge in [0.05, 0.1) is 37.5 Å². The van der Waals surface area contributed by atoms with Crippen LogP contribution in [0.5, 0.6) is 0 Å². The van der Waals surface area contributed by atoms with Gasteiger partial charge in [-0.2, -0.15) is 5.10 Å². The van der Waals surface area contributed by atoms with Gasteiger partial charge in [-0.05, 0) is 24.1 Å². The van der Waals surface area contributed by atoms with Gasteiger partial charge in [0.15, 0.2) is 0 Å². The Morgan fingerprint density at radius 1 is 1.40 bits per heavy atom. The summed E-state index contributed by atoms with van der Waals surface area (Å²) >= 11 is 0. The van der Waals surface area contributed by atoms with Crippen molar-refractivity contribution in [1.82, 2.24) is 20.0 Å². The molecule has 1 unspecified atom stereocenters. The van der Waals surface area contributed by atoms with E-state index >= 15 is 0 Å². The van der Waals surface area contributed by atoms with Crippen LogP contribution in [-0.2, 0) is 22.7 Å². The van der Waals surface area contributed by atoms with Crippen molar-refractivity contribution in [3.05, 3.63) is 42.1 Å². The largest absolute Gasteiger partial charge is 0.467 e. The van der Waals surface area contributed by atoms with E-state index in [1.54, 1.807) is 18.5 Å². The quantitative estimate of drug-likeness (QED) is 0.870. The van der Waals surface area contributed by atoms with Crippen molar-refractivity contribution in [2.24, 2.45) is 5.92 Å². The Morgan fingerprint density at radius 3 is 2.96 bits per heavy atom. The van der Waals surface area contributed by atoms with Gasteiger partial charge < -0.3 is 14.6 Å². The number of carbonyl (C=O) groups is 2. The number of nitrogens with one attached hydrogen (secondary N) is 1. The van der Waals surface area contributed by atoms with E-state index in [9.17, 15) is 9.59 Å². The molecule has 134 valence electrons. The van der Waals surface area contributed by atoms with Crippen molar-refractivity contribution in [2.45, 2.75) is 45.8 Å². The van der Waals surface area contributed by atoms with Crippen LogP contribution in [0.3, 0.4) is 0 Å². The highest BCUT2D eigenvalue weighted by atomic mass is 16.3. The maximum atomic E-state index is 12.4. The average Bonchev–Trinajstić information content (AvgIpc) is 3.23. The van der Waals surface area contributed by atoms with Gasteiger partial charge >= 0.3 is 0 Å². The van der Waals surface area contributed by atoms with Gasteiger partial charge in [-0.3, -0.25) is 14.3 Å². The molecule has 3 rings (SSSR count). The Kier molecular flexibility index (Phi) is 5.21. The zero-order valence-corrected chi connectivity index (χ0v) is 14.6. The fraction of sp³-hybridized carbons (Fsp3) is 0.500. The second kappa shape index (κ2) is 7.55. The first kappa shape index (κ1) is 17.3. The molecule has 0 aromatic carbocycles. The van der Waals surface area contributed by atoms with Crippen molar-refractivity contribution >= 4 is 11.8 Å². The maximum absolute atomic E-state index is 12.4. The summed E-state index contributed by atoms with van der Waals surface area (Å²) in [5, 5.41) is 7.19. The van der Waals surface area contributed by atoms with E-state index in [-0.39, 0.29) is 24.3 Å². The summed E-state index contributed by atoms with van der Waals surface area (Å²) in [5.74, 6) is 1.07. The minimum absolute atomic E-state index is 0.0824. The van der Waals surface area contributed by atoms with Crippen LogP contribution in [0.25, 0.3) is 0 Å². The van der Waals surface area contributed by atoms with Gasteiger partial charge in [0.2, 0.25) is 11.8 Å². The lowest BCUT2D eigenvalue weighted by atomic mass is 10.1. The lowest BCUT2D eigenvalue weighted by Crippen LogP contribution is -2.43. The topological polar surface area (TPSA) is 80.4 Å². The second-order valence-corrected chi connectivity index (χ2v) is 6.85. The van der Waals surface area contributed by atoms with Crippen LogP contribution in [0.15, 0.2) is 35.1 Å². The Labute approximate surface area is 147 Å². The molecule has 7 nitrogen and oxygen atoms in total. The van der Waals surface area contributed by atoms with Crippen molar-refractivity contribution in [1.29, 1.82) is 0 Å². The van der Waals surface area contributed by atoms with Crippen molar-refractivity contribution in [3.8, 4) is 0 Å². The molecule has 1 aliphatic heterocycles. The third-order valence-corrected chi connectivity index (χ3v) is 4.28. The average molecular weight is 344 g/mol. The van der Waals surface area contributed by atoms with E-state index in [0.29, 0.717) is 37.7 Å². The molecule has 2 aromatic heterocycles. The predicted octanol–water partition coefficient (Wildman–Crippen LogP) is 2.11. The molecule has 1 aliphatic rings. The Morgan fingerprint density at radius 2 is 2.24 bits per heavy atom. The molecule has 1 atom stereocenters. The van der Waals surface area contributed by atoms with E-state index in [2.05, 4.69) is 10.4 Å². The molecule has 0 bridgehead atoms. The van der Waals surface area contributed by atoms with Gasteiger partial charge in [0.25, 0.3) is 0 Å². The van der Waals surface area contributed by atoms with Crippen molar-refractivity contribution < 1.29 is 14.0 Å². The third-order valence-electron chi connectivity index (χ3n) is 4.28. The number of amides is 2. The number of furan rings is 1. The lowest BCUT2D eigenvalue weighted by molar-refractivity contribution is -0.135. The first-order valence-electron chi connectivity index (χ1n) is 8.62. The minimum atomic E-state index is -0.147. The first-order chi connectivity index (χ1) is 12.0. The summed E-state index contributed by atoms with van der Waals surface area (Å²) < 4.78 is 7.08. The van der Waals surface area contributed by atoms with Crippen molar-refractivity contribution in [3.63, 3.8) is 0 Å². The van der Waals surface area contributed by atoms with E-state index in [1.165, 1.54) is 0 Å². The molecule has 7 heteroatoms. The fourth-order valence-electron chi connectivity index (χ4n) is 3.09. The molecule has 25 heavy (non-hydrogen) atoms. The Balaban J connectivity index is 1.63. The lowest BCUT2D eigenvalue weighted by Gasteiger charge is -2.34. The van der Waals surface area contributed by atoms with Crippen LogP contribution in [0.1, 0.15) is 44.2 Å².